The van der Waals surface area contributed by atoms with Crippen molar-refractivity contribution in [2.24, 2.45) is 5.41 Å². The van der Waals surface area contributed by atoms with Crippen LogP contribution in [-0.2, 0) is 10.0 Å². The molecular formula is C32H45F2N3O2S. The van der Waals surface area contributed by atoms with Gasteiger partial charge >= 0.3 is 0 Å². The lowest BCUT2D eigenvalue weighted by Crippen LogP contribution is -2.16. The monoisotopic (exact) mass is 573 g/mol. The van der Waals surface area contributed by atoms with Gasteiger partial charge in [0, 0.05) is 29.4 Å². The van der Waals surface area contributed by atoms with Crippen LogP contribution in [0.5, 0.6) is 0 Å². The van der Waals surface area contributed by atoms with Crippen molar-refractivity contribution in [1.82, 2.24) is 9.97 Å². The molecule has 4 aromatic rings. The Morgan fingerprint density at radius 3 is 1.98 bits per heavy atom. The van der Waals surface area contributed by atoms with Crippen LogP contribution in [0.3, 0.4) is 0 Å². The fourth-order valence-corrected chi connectivity index (χ4v) is 4.32. The van der Waals surface area contributed by atoms with Gasteiger partial charge in [0.05, 0.1) is 16.9 Å². The Labute approximate surface area is 240 Å². The van der Waals surface area contributed by atoms with Crippen molar-refractivity contribution in [2.75, 3.05) is 4.72 Å². The molecule has 0 amide bonds. The molecule has 0 atom stereocenters. The first-order valence-corrected chi connectivity index (χ1v) is 14.5. The van der Waals surface area contributed by atoms with Gasteiger partial charge in [0.1, 0.15) is 16.5 Å². The average molecular weight is 574 g/mol. The summed E-state index contributed by atoms with van der Waals surface area (Å²) in [5.74, 6) is -2.02. The number of anilines is 1. The molecule has 8 heteroatoms. The van der Waals surface area contributed by atoms with E-state index in [9.17, 15) is 17.2 Å². The maximum absolute atomic E-state index is 14.0. The van der Waals surface area contributed by atoms with Crippen LogP contribution in [0, 0.1) is 30.9 Å². The minimum Gasteiger partial charge on any atom is -0.278 e. The topological polar surface area (TPSA) is 72.0 Å². The van der Waals surface area contributed by atoms with Crippen LogP contribution in [0.15, 0.2) is 65.8 Å². The zero-order chi connectivity index (χ0) is 30.0. The number of rotatable bonds is 4. The Morgan fingerprint density at radius 2 is 1.40 bits per heavy atom. The Hall–Kier alpha value is -3.39. The number of halogens is 2. The zero-order valence-electron chi connectivity index (χ0n) is 24.6. The van der Waals surface area contributed by atoms with E-state index in [0.29, 0.717) is 22.7 Å². The Bertz CT molecular complexity index is 1480. The molecule has 2 aromatic heterocycles. The molecule has 0 unspecified atom stereocenters. The molecule has 2 aromatic carbocycles. The smallest absolute Gasteiger partial charge is 0.264 e. The minimum atomic E-state index is -4.27. The summed E-state index contributed by atoms with van der Waals surface area (Å²) < 4.78 is 54.8. The van der Waals surface area contributed by atoms with Gasteiger partial charge in [0.25, 0.3) is 10.0 Å². The highest BCUT2D eigenvalue weighted by Crippen LogP contribution is 2.29. The summed E-state index contributed by atoms with van der Waals surface area (Å²) >= 11 is 0. The highest BCUT2D eigenvalue weighted by molar-refractivity contribution is 7.92. The summed E-state index contributed by atoms with van der Waals surface area (Å²) in [5, 5.41) is 0.978. The van der Waals surface area contributed by atoms with Crippen LogP contribution >= 0.6 is 0 Å². The van der Waals surface area contributed by atoms with Gasteiger partial charge in [-0.2, -0.15) is 0 Å². The van der Waals surface area contributed by atoms with Crippen LogP contribution < -0.4 is 4.72 Å². The number of benzene rings is 2. The first kappa shape index (κ1) is 36.6. The molecule has 0 saturated carbocycles. The summed E-state index contributed by atoms with van der Waals surface area (Å²) in [6.07, 6.45) is 3.38. The number of nitrogens with zero attached hydrogens (tertiary/aromatic N) is 2. The van der Waals surface area contributed by atoms with Crippen LogP contribution in [0.25, 0.3) is 22.0 Å². The molecule has 4 rings (SSSR count). The lowest BCUT2D eigenvalue weighted by Gasteiger charge is -2.13. The van der Waals surface area contributed by atoms with Gasteiger partial charge in [-0.3, -0.25) is 14.7 Å². The largest absolute Gasteiger partial charge is 0.278 e. The van der Waals surface area contributed by atoms with Crippen molar-refractivity contribution in [3.8, 4) is 11.1 Å². The quantitative estimate of drug-likeness (QED) is 0.264. The molecule has 0 radical (unpaired) electrons. The normalized spacial score (nSPS) is 10.5. The standard InChI is InChI=1S/C22H17F2N3O2S.C5H12.2C2H6.CH4/c1-13-7-8-25-20-5-3-15(9-18(13)20)16-10-21(14(2)26-12-16)27-30(28,29)22-6-4-17(23)11-19(22)24;1-5(2,3)4;2*1-2;/h3-12,27H,1-2H3;1-4H3;2*1-2H3;1H4. The maximum Gasteiger partial charge on any atom is 0.264 e. The molecule has 0 fully saturated rings. The summed E-state index contributed by atoms with van der Waals surface area (Å²) in [7, 11) is -4.27. The van der Waals surface area contributed by atoms with Crippen molar-refractivity contribution < 1.29 is 17.2 Å². The highest BCUT2D eigenvalue weighted by Gasteiger charge is 2.21. The molecule has 0 saturated heterocycles. The highest BCUT2D eigenvalue weighted by atomic mass is 32.2. The third-order valence-corrected chi connectivity index (χ3v) is 6.21. The second kappa shape index (κ2) is 16.0. The van der Waals surface area contributed by atoms with Crippen molar-refractivity contribution >= 4 is 26.6 Å². The molecule has 40 heavy (non-hydrogen) atoms. The number of fused-ring (bicyclic) bond motifs is 1. The maximum atomic E-state index is 14.0. The predicted octanol–water partition coefficient (Wildman–Crippen LogP) is 9.73. The van der Waals surface area contributed by atoms with Gasteiger partial charge < -0.3 is 0 Å². The fourth-order valence-electron chi connectivity index (χ4n) is 3.15. The second-order valence-electron chi connectivity index (χ2n) is 9.90. The lowest BCUT2D eigenvalue weighted by molar-refractivity contribution is 0.469. The zero-order valence-corrected chi connectivity index (χ0v) is 25.5. The van der Waals surface area contributed by atoms with Crippen LogP contribution in [0.2, 0.25) is 0 Å². The number of aromatic nitrogens is 2. The molecule has 0 bridgehead atoms. The molecule has 0 aliphatic rings. The molecular weight excluding hydrogens is 528 g/mol. The van der Waals surface area contributed by atoms with E-state index in [0.717, 1.165) is 34.2 Å². The summed E-state index contributed by atoms with van der Waals surface area (Å²) in [4.78, 5) is 7.97. The number of nitrogens with one attached hydrogen (secondary N) is 1. The average Bonchev–Trinajstić information content (AvgIpc) is 2.86. The number of sulfonamides is 1. The summed E-state index contributed by atoms with van der Waals surface area (Å²) in [5.41, 5.74) is 4.56. The number of pyridine rings is 2. The molecule has 2 heterocycles. The first-order chi connectivity index (χ1) is 18.2. The van der Waals surface area contributed by atoms with Crippen molar-refractivity contribution in [2.45, 2.75) is 81.6 Å². The Balaban J connectivity index is 0.00000135. The molecule has 1 N–H and O–H groups in total. The predicted molar refractivity (Wildman–Crippen MR) is 166 cm³/mol. The molecule has 0 aliphatic heterocycles. The fraction of sp³-hybridized carbons (Fsp3) is 0.375. The van der Waals surface area contributed by atoms with Crippen molar-refractivity contribution in [3.05, 3.63) is 83.8 Å². The minimum absolute atomic E-state index is 0. The third kappa shape index (κ3) is 10.6. The van der Waals surface area contributed by atoms with Crippen LogP contribution in [0.1, 0.15) is 74.1 Å². The summed E-state index contributed by atoms with van der Waals surface area (Å²) in [6, 6.07) is 11.6. The van der Waals surface area contributed by atoms with Crippen LogP contribution in [0.4, 0.5) is 14.5 Å². The number of hydrogen-bond donors (Lipinski definition) is 1. The molecule has 0 spiro atoms. The lowest BCUT2D eigenvalue weighted by atomic mass is 10.0. The Morgan fingerprint density at radius 1 is 0.800 bits per heavy atom. The van der Waals surface area contributed by atoms with E-state index in [1.54, 1.807) is 25.4 Å². The van der Waals surface area contributed by atoms with Crippen molar-refractivity contribution in [3.63, 3.8) is 0 Å². The molecule has 5 nitrogen and oxygen atoms in total. The van der Waals surface area contributed by atoms with Gasteiger partial charge in [-0.25, -0.2) is 17.2 Å². The Kier molecular flexibility index (Phi) is 14.7. The van der Waals surface area contributed by atoms with Crippen LogP contribution in [-0.4, -0.2) is 18.4 Å². The van der Waals surface area contributed by atoms with E-state index >= 15 is 0 Å². The third-order valence-electron chi connectivity index (χ3n) is 4.81. The van der Waals surface area contributed by atoms with E-state index in [1.165, 1.54) is 0 Å². The van der Waals surface area contributed by atoms with Gasteiger partial charge in [0.15, 0.2) is 0 Å². The summed E-state index contributed by atoms with van der Waals surface area (Å²) in [6.45, 7) is 20.4. The number of hydrogen-bond acceptors (Lipinski definition) is 4. The van der Waals surface area contributed by atoms with Gasteiger partial charge in [-0.1, -0.05) is 68.9 Å². The first-order valence-electron chi connectivity index (χ1n) is 13.0. The molecule has 0 aliphatic carbocycles. The SMILES string of the molecule is C.CC.CC.CC(C)(C)C.Cc1ncc(-c2ccc3nccc(C)c3c2)cc1NS(=O)(=O)c1ccc(F)cc1F. The van der Waals surface area contributed by atoms with E-state index in [2.05, 4.69) is 42.4 Å². The van der Waals surface area contributed by atoms with E-state index in [-0.39, 0.29) is 13.1 Å². The number of aryl methyl sites for hydroxylation is 2. The van der Waals surface area contributed by atoms with Crippen molar-refractivity contribution in [1.29, 1.82) is 0 Å². The van der Waals surface area contributed by atoms with Gasteiger partial charge in [-0.15, -0.1) is 0 Å². The van der Waals surface area contributed by atoms with E-state index < -0.39 is 26.6 Å². The van der Waals surface area contributed by atoms with E-state index in [1.807, 2.05) is 58.9 Å². The van der Waals surface area contributed by atoms with Gasteiger partial charge in [0.2, 0.25) is 0 Å². The van der Waals surface area contributed by atoms with Gasteiger partial charge in [-0.05, 0) is 66.8 Å². The second-order valence-corrected chi connectivity index (χ2v) is 11.5. The molecule has 220 valence electrons. The van der Waals surface area contributed by atoms with E-state index in [4.69, 9.17) is 0 Å².